The number of carbonyl (C=O) groups excluding carboxylic acids is 2. The number of ketones is 1. The molecule has 0 aliphatic carbocycles. The summed E-state index contributed by atoms with van der Waals surface area (Å²) in [7, 11) is 0. The minimum absolute atomic E-state index is 0.0824. The van der Waals surface area contributed by atoms with Gasteiger partial charge in [-0.3, -0.25) is 4.79 Å². The van der Waals surface area contributed by atoms with E-state index in [1.807, 2.05) is 6.92 Å². The molecule has 0 radical (unpaired) electrons. The van der Waals surface area contributed by atoms with Crippen LogP contribution in [0.2, 0.25) is 0 Å². The van der Waals surface area contributed by atoms with E-state index in [9.17, 15) is 19.8 Å². The number of aliphatic hydroxyl groups is 1. The molecule has 0 bridgehead atoms. The SMILES string of the molecule is CCCOc1ccc(C(=O)CC[NH2+]C(C(=O)[O-])C(C)O)cc1. The number of quaternary nitrogens is 1. The summed E-state index contributed by atoms with van der Waals surface area (Å²) in [6.07, 6.45) is 0.0699. The molecule has 0 heterocycles. The van der Waals surface area contributed by atoms with Crippen LogP contribution in [0.4, 0.5) is 0 Å². The average molecular weight is 309 g/mol. The van der Waals surface area contributed by atoms with E-state index in [0.29, 0.717) is 12.2 Å². The van der Waals surface area contributed by atoms with Gasteiger partial charge >= 0.3 is 0 Å². The van der Waals surface area contributed by atoms with Crippen molar-refractivity contribution < 1.29 is 29.9 Å². The highest BCUT2D eigenvalue weighted by atomic mass is 16.5. The van der Waals surface area contributed by atoms with Gasteiger partial charge in [0.15, 0.2) is 11.8 Å². The van der Waals surface area contributed by atoms with Crippen LogP contribution >= 0.6 is 0 Å². The van der Waals surface area contributed by atoms with Gasteiger partial charge in [0, 0.05) is 5.56 Å². The molecule has 0 fully saturated rings. The fourth-order valence-electron chi connectivity index (χ4n) is 1.99. The number of rotatable bonds is 10. The molecular formula is C16H23NO5. The van der Waals surface area contributed by atoms with E-state index in [2.05, 4.69) is 0 Å². The lowest BCUT2D eigenvalue weighted by Gasteiger charge is -2.18. The van der Waals surface area contributed by atoms with Crippen LogP contribution in [0.3, 0.4) is 0 Å². The Labute approximate surface area is 130 Å². The monoisotopic (exact) mass is 309 g/mol. The van der Waals surface area contributed by atoms with Gasteiger partial charge in [-0.15, -0.1) is 0 Å². The van der Waals surface area contributed by atoms with Gasteiger partial charge in [0.1, 0.15) is 17.8 Å². The first-order valence-corrected chi connectivity index (χ1v) is 7.44. The molecule has 2 atom stereocenters. The second-order valence-electron chi connectivity index (χ2n) is 5.16. The van der Waals surface area contributed by atoms with E-state index in [1.54, 1.807) is 24.3 Å². The van der Waals surface area contributed by atoms with Crippen molar-refractivity contribution >= 4 is 11.8 Å². The molecule has 3 N–H and O–H groups in total. The fourth-order valence-corrected chi connectivity index (χ4v) is 1.99. The van der Waals surface area contributed by atoms with E-state index in [1.165, 1.54) is 12.2 Å². The average Bonchev–Trinajstić information content (AvgIpc) is 2.49. The molecule has 0 saturated carbocycles. The summed E-state index contributed by atoms with van der Waals surface area (Å²) in [6, 6.07) is 5.81. The minimum atomic E-state index is -1.33. The Hall–Kier alpha value is -1.92. The van der Waals surface area contributed by atoms with E-state index in [-0.39, 0.29) is 18.7 Å². The molecule has 1 aromatic rings. The molecule has 6 heteroatoms. The van der Waals surface area contributed by atoms with Gasteiger partial charge in [0.2, 0.25) is 0 Å². The van der Waals surface area contributed by atoms with Crippen LogP contribution in [-0.4, -0.2) is 42.2 Å². The first kappa shape index (κ1) is 18.1. The van der Waals surface area contributed by atoms with Gasteiger partial charge in [-0.25, -0.2) is 0 Å². The molecule has 1 rings (SSSR count). The van der Waals surface area contributed by atoms with E-state index in [0.717, 1.165) is 12.2 Å². The number of aliphatic carboxylic acids is 1. The number of ether oxygens (including phenoxy) is 1. The number of Topliss-reactive ketones (excluding diaryl/α,β-unsaturated/α-hetero) is 1. The summed E-state index contributed by atoms with van der Waals surface area (Å²) in [4.78, 5) is 22.8. The van der Waals surface area contributed by atoms with Crippen molar-refractivity contribution in [2.45, 2.75) is 38.8 Å². The quantitative estimate of drug-likeness (QED) is 0.546. The van der Waals surface area contributed by atoms with Crippen LogP contribution in [0.25, 0.3) is 0 Å². The fraction of sp³-hybridized carbons (Fsp3) is 0.500. The number of carboxylic acid groups (broad SMARTS) is 1. The van der Waals surface area contributed by atoms with Crippen molar-refractivity contribution in [2.24, 2.45) is 0 Å². The molecule has 0 aromatic heterocycles. The molecule has 22 heavy (non-hydrogen) atoms. The van der Waals surface area contributed by atoms with Gasteiger partial charge in [0.25, 0.3) is 0 Å². The lowest BCUT2D eigenvalue weighted by atomic mass is 10.1. The summed E-state index contributed by atoms with van der Waals surface area (Å²) in [5.74, 6) is -0.697. The Bertz CT molecular complexity index is 484. The predicted octanol–water partition coefficient (Wildman–Crippen LogP) is -0.889. The van der Waals surface area contributed by atoms with Gasteiger partial charge in [0.05, 0.1) is 19.6 Å². The summed E-state index contributed by atoms with van der Waals surface area (Å²) >= 11 is 0. The number of carbonyl (C=O) groups is 2. The van der Waals surface area contributed by atoms with Crippen LogP contribution in [0, 0.1) is 0 Å². The highest BCUT2D eigenvalue weighted by Gasteiger charge is 2.19. The Morgan fingerprint density at radius 3 is 2.45 bits per heavy atom. The first-order valence-electron chi connectivity index (χ1n) is 7.44. The van der Waals surface area contributed by atoms with E-state index in [4.69, 9.17) is 4.74 Å². The lowest BCUT2D eigenvalue weighted by molar-refractivity contribution is -0.688. The molecule has 0 spiro atoms. The molecular weight excluding hydrogens is 286 g/mol. The van der Waals surface area contributed by atoms with Gasteiger partial charge < -0.3 is 25.1 Å². The maximum atomic E-state index is 12.0. The maximum Gasteiger partial charge on any atom is 0.168 e. The van der Waals surface area contributed by atoms with Crippen LogP contribution in [-0.2, 0) is 4.79 Å². The second kappa shape index (κ2) is 9.17. The molecule has 0 amide bonds. The zero-order valence-corrected chi connectivity index (χ0v) is 13.0. The first-order chi connectivity index (χ1) is 10.5. The van der Waals surface area contributed by atoms with Crippen molar-refractivity contribution in [2.75, 3.05) is 13.2 Å². The van der Waals surface area contributed by atoms with Crippen molar-refractivity contribution in [3.05, 3.63) is 29.8 Å². The normalized spacial score (nSPS) is 13.4. The highest BCUT2D eigenvalue weighted by molar-refractivity contribution is 5.96. The molecule has 122 valence electrons. The number of hydrogen-bond donors (Lipinski definition) is 2. The Balaban J connectivity index is 2.46. The topological polar surface area (TPSA) is 103 Å². The third-order valence-electron chi connectivity index (χ3n) is 3.23. The van der Waals surface area contributed by atoms with Crippen LogP contribution in [0.15, 0.2) is 24.3 Å². The molecule has 1 aromatic carbocycles. The van der Waals surface area contributed by atoms with Crippen LogP contribution in [0.1, 0.15) is 37.0 Å². The molecule has 6 nitrogen and oxygen atoms in total. The molecule has 0 aliphatic rings. The number of hydrogen-bond acceptors (Lipinski definition) is 5. The standard InChI is InChI=1S/C16H23NO5/c1-3-10-22-13-6-4-12(5-7-13)14(19)8-9-17-15(11(2)18)16(20)21/h4-7,11,15,17-18H,3,8-10H2,1-2H3,(H,20,21). The van der Waals surface area contributed by atoms with Gasteiger partial charge in [-0.2, -0.15) is 0 Å². The van der Waals surface area contributed by atoms with E-state index < -0.39 is 18.1 Å². The minimum Gasteiger partial charge on any atom is -0.544 e. The predicted molar refractivity (Wildman–Crippen MR) is 78.4 cm³/mol. The maximum absolute atomic E-state index is 12.0. The smallest absolute Gasteiger partial charge is 0.168 e. The van der Waals surface area contributed by atoms with Crippen LogP contribution < -0.4 is 15.2 Å². The van der Waals surface area contributed by atoms with Crippen molar-refractivity contribution in [3.8, 4) is 5.75 Å². The van der Waals surface area contributed by atoms with Crippen molar-refractivity contribution in [1.82, 2.24) is 0 Å². The Kier molecular flexibility index (Phi) is 7.56. The molecule has 0 saturated heterocycles. The number of aliphatic hydroxyl groups excluding tert-OH is 1. The summed E-state index contributed by atoms with van der Waals surface area (Å²) in [6.45, 7) is 4.30. The number of carboxylic acids is 1. The third kappa shape index (κ3) is 5.83. The largest absolute Gasteiger partial charge is 0.544 e. The van der Waals surface area contributed by atoms with Crippen molar-refractivity contribution in [3.63, 3.8) is 0 Å². The molecule has 2 unspecified atom stereocenters. The van der Waals surface area contributed by atoms with Gasteiger partial charge in [-0.05, 0) is 37.6 Å². The Morgan fingerprint density at radius 2 is 1.95 bits per heavy atom. The zero-order valence-electron chi connectivity index (χ0n) is 13.0. The van der Waals surface area contributed by atoms with Crippen molar-refractivity contribution in [1.29, 1.82) is 0 Å². The summed E-state index contributed by atoms with van der Waals surface area (Å²) in [5, 5.41) is 21.5. The summed E-state index contributed by atoms with van der Waals surface area (Å²) < 4.78 is 5.44. The Morgan fingerprint density at radius 1 is 1.32 bits per heavy atom. The summed E-state index contributed by atoms with van der Waals surface area (Å²) in [5.41, 5.74) is 0.555. The van der Waals surface area contributed by atoms with E-state index >= 15 is 0 Å². The second-order valence-corrected chi connectivity index (χ2v) is 5.16. The van der Waals surface area contributed by atoms with Crippen LogP contribution in [0.5, 0.6) is 5.75 Å². The van der Waals surface area contributed by atoms with Gasteiger partial charge in [-0.1, -0.05) is 6.92 Å². The number of benzene rings is 1. The third-order valence-corrected chi connectivity index (χ3v) is 3.23. The number of nitrogens with two attached hydrogens (primary N) is 1. The highest BCUT2D eigenvalue weighted by Crippen LogP contribution is 2.13. The zero-order chi connectivity index (χ0) is 16.5. The lowest BCUT2D eigenvalue weighted by Crippen LogP contribution is -2.95. The molecule has 0 aliphatic heterocycles.